The molecule has 0 aliphatic carbocycles. The Morgan fingerprint density at radius 2 is 1.75 bits per heavy atom. The van der Waals surface area contributed by atoms with Crippen molar-refractivity contribution in [3.63, 3.8) is 0 Å². The van der Waals surface area contributed by atoms with Crippen LogP contribution in [0.5, 0.6) is 0 Å². The first-order chi connectivity index (χ1) is 9.51. The van der Waals surface area contributed by atoms with Crippen LogP contribution in [0.4, 0.5) is 0 Å². The molecule has 2 N–H and O–H groups in total. The number of likely N-dealkylation sites (N-methyl/N-ethyl adjacent to an activating group) is 1. The molecular formula is C15H22N2O3. The fraction of sp³-hybridized carbons (Fsp3) is 0.467. The number of carbonyl (C=O) groups is 2. The highest BCUT2D eigenvalue weighted by Crippen LogP contribution is 2.14. The number of nitrogens with zero attached hydrogens (tertiary/aromatic N) is 1. The van der Waals surface area contributed by atoms with Crippen LogP contribution in [-0.4, -0.2) is 41.0 Å². The number of carboxylic acids is 1. The maximum atomic E-state index is 12.2. The van der Waals surface area contributed by atoms with Gasteiger partial charge in [0.15, 0.2) is 0 Å². The van der Waals surface area contributed by atoms with Gasteiger partial charge in [-0.15, -0.1) is 0 Å². The van der Waals surface area contributed by atoms with Gasteiger partial charge in [-0.1, -0.05) is 30.3 Å². The fourth-order valence-electron chi connectivity index (χ4n) is 2.09. The summed E-state index contributed by atoms with van der Waals surface area (Å²) in [5.41, 5.74) is 0.638. The van der Waals surface area contributed by atoms with Crippen molar-refractivity contribution in [1.82, 2.24) is 10.2 Å². The molecule has 2 atom stereocenters. The highest BCUT2D eigenvalue weighted by molar-refractivity contribution is 5.83. The predicted molar refractivity (Wildman–Crippen MR) is 77.3 cm³/mol. The Labute approximate surface area is 119 Å². The van der Waals surface area contributed by atoms with Crippen LogP contribution in [0.15, 0.2) is 30.3 Å². The SMILES string of the molecule is CCN(CC)C(=O)C(C)NC(C(=O)O)c1ccccc1. The van der Waals surface area contributed by atoms with Crippen LogP contribution >= 0.6 is 0 Å². The number of aliphatic carboxylic acids is 1. The summed E-state index contributed by atoms with van der Waals surface area (Å²) in [6.07, 6.45) is 0. The topological polar surface area (TPSA) is 69.6 Å². The van der Waals surface area contributed by atoms with Crippen molar-refractivity contribution in [2.45, 2.75) is 32.9 Å². The maximum Gasteiger partial charge on any atom is 0.325 e. The predicted octanol–water partition coefficient (Wildman–Crippen LogP) is 1.66. The van der Waals surface area contributed by atoms with Gasteiger partial charge in [-0.3, -0.25) is 14.9 Å². The maximum absolute atomic E-state index is 12.2. The molecule has 0 radical (unpaired) electrons. The lowest BCUT2D eigenvalue weighted by atomic mass is 10.1. The van der Waals surface area contributed by atoms with E-state index in [0.717, 1.165) is 0 Å². The van der Waals surface area contributed by atoms with Gasteiger partial charge < -0.3 is 10.0 Å². The quantitative estimate of drug-likeness (QED) is 0.796. The summed E-state index contributed by atoms with van der Waals surface area (Å²) >= 11 is 0. The van der Waals surface area contributed by atoms with E-state index in [1.54, 1.807) is 36.1 Å². The van der Waals surface area contributed by atoms with Crippen molar-refractivity contribution in [3.05, 3.63) is 35.9 Å². The highest BCUT2D eigenvalue weighted by atomic mass is 16.4. The minimum Gasteiger partial charge on any atom is -0.480 e. The number of benzene rings is 1. The molecule has 0 bridgehead atoms. The number of carbonyl (C=O) groups excluding carboxylic acids is 1. The monoisotopic (exact) mass is 278 g/mol. The van der Waals surface area contributed by atoms with Gasteiger partial charge in [-0.05, 0) is 26.3 Å². The molecule has 0 aromatic heterocycles. The first kappa shape index (κ1) is 16.2. The molecular weight excluding hydrogens is 256 g/mol. The second-order valence-electron chi connectivity index (χ2n) is 4.58. The molecule has 5 nitrogen and oxygen atoms in total. The van der Waals surface area contributed by atoms with Crippen molar-refractivity contribution >= 4 is 11.9 Å². The van der Waals surface area contributed by atoms with Crippen LogP contribution < -0.4 is 5.32 Å². The summed E-state index contributed by atoms with van der Waals surface area (Å²) in [6.45, 7) is 6.73. The summed E-state index contributed by atoms with van der Waals surface area (Å²) in [5, 5.41) is 12.2. The summed E-state index contributed by atoms with van der Waals surface area (Å²) in [6, 6.07) is 7.43. The van der Waals surface area contributed by atoms with Crippen LogP contribution in [-0.2, 0) is 9.59 Å². The Balaban J connectivity index is 2.82. The molecule has 1 amide bonds. The molecule has 5 heteroatoms. The third-order valence-electron chi connectivity index (χ3n) is 3.24. The molecule has 0 aliphatic rings. The second-order valence-corrected chi connectivity index (χ2v) is 4.58. The molecule has 0 saturated heterocycles. The Kier molecular flexibility index (Phi) is 6.18. The number of nitrogens with one attached hydrogen (secondary N) is 1. The zero-order valence-corrected chi connectivity index (χ0v) is 12.2. The second kappa shape index (κ2) is 7.65. The minimum atomic E-state index is -0.990. The number of hydrogen-bond donors (Lipinski definition) is 2. The molecule has 0 fully saturated rings. The van der Waals surface area contributed by atoms with Gasteiger partial charge in [-0.2, -0.15) is 0 Å². The lowest BCUT2D eigenvalue weighted by Crippen LogP contribution is -2.47. The molecule has 0 spiro atoms. The van der Waals surface area contributed by atoms with Crippen molar-refractivity contribution < 1.29 is 14.7 Å². The Morgan fingerprint density at radius 3 is 2.20 bits per heavy atom. The van der Waals surface area contributed by atoms with E-state index in [2.05, 4.69) is 5.32 Å². The van der Waals surface area contributed by atoms with E-state index in [0.29, 0.717) is 18.7 Å². The summed E-state index contributed by atoms with van der Waals surface area (Å²) < 4.78 is 0. The van der Waals surface area contributed by atoms with Crippen molar-refractivity contribution in [2.24, 2.45) is 0 Å². The van der Waals surface area contributed by atoms with E-state index in [9.17, 15) is 14.7 Å². The summed E-state index contributed by atoms with van der Waals surface area (Å²) in [7, 11) is 0. The number of amides is 1. The Morgan fingerprint density at radius 1 is 1.20 bits per heavy atom. The largest absolute Gasteiger partial charge is 0.480 e. The van der Waals surface area contributed by atoms with E-state index < -0.39 is 18.1 Å². The van der Waals surface area contributed by atoms with Gasteiger partial charge in [-0.25, -0.2) is 0 Å². The van der Waals surface area contributed by atoms with Crippen LogP contribution in [0.3, 0.4) is 0 Å². The van der Waals surface area contributed by atoms with Crippen LogP contribution in [0.25, 0.3) is 0 Å². The highest BCUT2D eigenvalue weighted by Gasteiger charge is 2.26. The van der Waals surface area contributed by atoms with E-state index >= 15 is 0 Å². The lowest BCUT2D eigenvalue weighted by molar-refractivity contribution is -0.140. The third kappa shape index (κ3) is 4.06. The summed E-state index contributed by atoms with van der Waals surface area (Å²) in [4.78, 5) is 25.2. The summed E-state index contributed by atoms with van der Waals surface area (Å²) in [5.74, 6) is -1.08. The first-order valence-corrected chi connectivity index (χ1v) is 6.83. The fourth-order valence-corrected chi connectivity index (χ4v) is 2.09. The van der Waals surface area contributed by atoms with E-state index in [1.807, 2.05) is 19.9 Å². The van der Waals surface area contributed by atoms with Gasteiger partial charge in [0.05, 0.1) is 6.04 Å². The standard InChI is InChI=1S/C15H22N2O3/c1-4-17(5-2)14(18)11(3)16-13(15(19)20)12-9-7-6-8-10-12/h6-11,13,16H,4-5H2,1-3H3,(H,19,20). The van der Waals surface area contributed by atoms with Gasteiger partial charge in [0.2, 0.25) is 5.91 Å². The third-order valence-corrected chi connectivity index (χ3v) is 3.24. The molecule has 0 aliphatic heterocycles. The first-order valence-electron chi connectivity index (χ1n) is 6.83. The van der Waals surface area contributed by atoms with Gasteiger partial charge in [0, 0.05) is 13.1 Å². The molecule has 20 heavy (non-hydrogen) atoms. The zero-order valence-electron chi connectivity index (χ0n) is 12.2. The van der Waals surface area contributed by atoms with Crippen molar-refractivity contribution in [1.29, 1.82) is 0 Å². The molecule has 0 saturated carbocycles. The van der Waals surface area contributed by atoms with E-state index in [1.165, 1.54) is 0 Å². The molecule has 0 heterocycles. The number of rotatable bonds is 7. The van der Waals surface area contributed by atoms with Crippen molar-refractivity contribution in [2.75, 3.05) is 13.1 Å². The van der Waals surface area contributed by atoms with Gasteiger partial charge >= 0.3 is 5.97 Å². The Bertz CT molecular complexity index is 444. The van der Waals surface area contributed by atoms with Crippen LogP contribution in [0.1, 0.15) is 32.4 Å². The van der Waals surface area contributed by atoms with Crippen LogP contribution in [0, 0.1) is 0 Å². The van der Waals surface area contributed by atoms with Crippen LogP contribution in [0.2, 0.25) is 0 Å². The average molecular weight is 278 g/mol. The number of hydrogen-bond acceptors (Lipinski definition) is 3. The lowest BCUT2D eigenvalue weighted by Gasteiger charge is -2.26. The van der Waals surface area contributed by atoms with Crippen molar-refractivity contribution in [3.8, 4) is 0 Å². The number of carboxylic acid groups (broad SMARTS) is 1. The van der Waals surface area contributed by atoms with Gasteiger partial charge in [0.25, 0.3) is 0 Å². The Hall–Kier alpha value is -1.88. The van der Waals surface area contributed by atoms with Gasteiger partial charge in [0.1, 0.15) is 6.04 Å². The zero-order chi connectivity index (χ0) is 15.1. The molecule has 2 unspecified atom stereocenters. The normalized spacial score (nSPS) is 13.6. The smallest absolute Gasteiger partial charge is 0.325 e. The molecule has 110 valence electrons. The molecule has 1 rings (SSSR count). The minimum absolute atomic E-state index is 0.0859. The average Bonchev–Trinajstić information content (AvgIpc) is 2.46. The van der Waals surface area contributed by atoms with E-state index in [-0.39, 0.29) is 5.91 Å². The molecule has 1 aromatic rings. The molecule has 1 aromatic carbocycles. The van der Waals surface area contributed by atoms with E-state index in [4.69, 9.17) is 0 Å².